The highest BCUT2D eigenvalue weighted by Gasteiger charge is 2.21. The molecule has 0 bridgehead atoms. The highest BCUT2D eigenvalue weighted by Crippen LogP contribution is 2.21. The summed E-state index contributed by atoms with van der Waals surface area (Å²) >= 11 is 1.64. The Balaban J connectivity index is 1.91. The number of hydrogen-bond donors (Lipinski definition) is 1. The van der Waals surface area contributed by atoms with Crippen molar-refractivity contribution in [1.82, 2.24) is 5.32 Å². The highest BCUT2D eigenvalue weighted by atomic mass is 32.2. The van der Waals surface area contributed by atoms with E-state index in [0.29, 0.717) is 12.2 Å². The van der Waals surface area contributed by atoms with Crippen molar-refractivity contribution in [3.8, 4) is 0 Å². The number of sulfonamides is 1. The number of anilines is 1. The quantitative estimate of drug-likeness (QED) is 0.566. The van der Waals surface area contributed by atoms with Gasteiger partial charge in [-0.05, 0) is 30.7 Å². The highest BCUT2D eigenvalue weighted by molar-refractivity contribution is 7.99. The fraction of sp³-hybridized carbons (Fsp3) is 0.278. The molecule has 0 radical (unpaired) electrons. The van der Waals surface area contributed by atoms with Gasteiger partial charge in [-0.3, -0.25) is 9.10 Å². The fourth-order valence-electron chi connectivity index (χ4n) is 2.29. The maximum absolute atomic E-state index is 12.2. The number of carbonyl (C=O) groups is 1. The number of rotatable bonds is 8. The lowest BCUT2D eigenvalue weighted by molar-refractivity contribution is -0.119. The standard InChI is InChI=1S/C18H22N2O3S2/c1-15-8-6-7-11-17(15)20(25(2,22)23)14-18(21)19-12-13-24-16-9-4-3-5-10-16/h3-11H,12-14H2,1-2H3,(H,19,21). The summed E-state index contributed by atoms with van der Waals surface area (Å²) in [5.41, 5.74) is 1.33. The van der Waals surface area contributed by atoms with Gasteiger partial charge in [-0.15, -0.1) is 11.8 Å². The van der Waals surface area contributed by atoms with Gasteiger partial charge in [0.25, 0.3) is 0 Å². The number of para-hydroxylation sites is 1. The van der Waals surface area contributed by atoms with E-state index >= 15 is 0 Å². The summed E-state index contributed by atoms with van der Waals surface area (Å²) in [6.07, 6.45) is 1.11. The van der Waals surface area contributed by atoms with Crippen molar-refractivity contribution in [2.24, 2.45) is 0 Å². The Hall–Kier alpha value is -1.99. The van der Waals surface area contributed by atoms with Crippen molar-refractivity contribution in [2.45, 2.75) is 11.8 Å². The Kier molecular flexibility index (Phi) is 6.90. The molecule has 1 N–H and O–H groups in total. The van der Waals surface area contributed by atoms with Crippen LogP contribution in [-0.4, -0.2) is 39.4 Å². The predicted octanol–water partition coefficient (Wildman–Crippen LogP) is 2.67. The average molecular weight is 379 g/mol. The van der Waals surface area contributed by atoms with Gasteiger partial charge < -0.3 is 5.32 Å². The summed E-state index contributed by atoms with van der Waals surface area (Å²) in [6.45, 7) is 2.07. The third kappa shape index (κ3) is 6.10. The zero-order valence-corrected chi connectivity index (χ0v) is 15.9. The van der Waals surface area contributed by atoms with E-state index in [1.807, 2.05) is 49.4 Å². The van der Waals surface area contributed by atoms with Crippen molar-refractivity contribution < 1.29 is 13.2 Å². The molecular weight excluding hydrogens is 356 g/mol. The second-order valence-corrected chi connectivity index (χ2v) is 8.64. The Morgan fingerprint density at radius 2 is 1.72 bits per heavy atom. The second kappa shape index (κ2) is 8.92. The summed E-state index contributed by atoms with van der Waals surface area (Å²) < 4.78 is 25.3. The van der Waals surface area contributed by atoms with Crippen molar-refractivity contribution in [1.29, 1.82) is 0 Å². The smallest absolute Gasteiger partial charge is 0.240 e. The molecule has 1 amide bonds. The summed E-state index contributed by atoms with van der Waals surface area (Å²) in [7, 11) is -3.54. The van der Waals surface area contributed by atoms with Crippen LogP contribution in [0.5, 0.6) is 0 Å². The third-order valence-electron chi connectivity index (χ3n) is 3.51. The van der Waals surface area contributed by atoms with Crippen LogP contribution < -0.4 is 9.62 Å². The van der Waals surface area contributed by atoms with Crippen LogP contribution in [0.2, 0.25) is 0 Å². The molecule has 0 aliphatic carbocycles. The molecule has 2 rings (SSSR count). The molecule has 5 nitrogen and oxygen atoms in total. The lowest BCUT2D eigenvalue weighted by Gasteiger charge is -2.23. The summed E-state index contributed by atoms with van der Waals surface area (Å²) in [6, 6.07) is 17.0. The summed E-state index contributed by atoms with van der Waals surface area (Å²) in [5.74, 6) is 0.404. The van der Waals surface area contributed by atoms with Crippen LogP contribution in [0.15, 0.2) is 59.5 Å². The molecule has 0 saturated carbocycles. The third-order valence-corrected chi connectivity index (χ3v) is 5.65. The molecule has 0 aliphatic rings. The van der Waals surface area contributed by atoms with E-state index in [0.717, 1.165) is 26.8 Å². The molecule has 0 saturated heterocycles. The predicted molar refractivity (Wildman–Crippen MR) is 104 cm³/mol. The summed E-state index contributed by atoms with van der Waals surface area (Å²) in [4.78, 5) is 13.3. The van der Waals surface area contributed by atoms with Crippen molar-refractivity contribution in [2.75, 3.05) is 29.4 Å². The van der Waals surface area contributed by atoms with Crippen LogP contribution in [0.4, 0.5) is 5.69 Å². The van der Waals surface area contributed by atoms with Gasteiger partial charge in [0.2, 0.25) is 15.9 Å². The zero-order valence-electron chi connectivity index (χ0n) is 14.3. The maximum Gasteiger partial charge on any atom is 0.240 e. The van der Waals surface area contributed by atoms with E-state index in [1.54, 1.807) is 23.9 Å². The minimum Gasteiger partial charge on any atom is -0.354 e. The topological polar surface area (TPSA) is 66.5 Å². The number of nitrogens with zero attached hydrogens (tertiary/aromatic N) is 1. The van der Waals surface area contributed by atoms with E-state index in [4.69, 9.17) is 0 Å². The van der Waals surface area contributed by atoms with Gasteiger partial charge >= 0.3 is 0 Å². The first-order valence-corrected chi connectivity index (χ1v) is 10.7. The molecule has 134 valence electrons. The van der Waals surface area contributed by atoms with Gasteiger partial charge in [0.15, 0.2) is 0 Å². The molecular formula is C18H22N2O3S2. The lowest BCUT2D eigenvalue weighted by Crippen LogP contribution is -2.41. The van der Waals surface area contributed by atoms with Gasteiger partial charge in [-0.25, -0.2) is 8.42 Å². The van der Waals surface area contributed by atoms with Crippen LogP contribution in [0.25, 0.3) is 0 Å². The van der Waals surface area contributed by atoms with Crippen LogP contribution in [0.1, 0.15) is 5.56 Å². The number of thioether (sulfide) groups is 1. The average Bonchev–Trinajstić information content (AvgIpc) is 2.57. The van der Waals surface area contributed by atoms with Crippen molar-refractivity contribution in [3.63, 3.8) is 0 Å². The number of amides is 1. The Bertz CT molecular complexity index is 808. The molecule has 0 aromatic heterocycles. The van der Waals surface area contributed by atoms with Crippen LogP contribution in [0.3, 0.4) is 0 Å². The van der Waals surface area contributed by atoms with Crippen LogP contribution >= 0.6 is 11.8 Å². The number of carbonyl (C=O) groups excluding carboxylic acids is 1. The van der Waals surface area contributed by atoms with Crippen LogP contribution in [0, 0.1) is 6.92 Å². The van der Waals surface area contributed by atoms with E-state index in [-0.39, 0.29) is 12.5 Å². The van der Waals surface area contributed by atoms with E-state index < -0.39 is 10.0 Å². The Morgan fingerprint density at radius 3 is 2.36 bits per heavy atom. The molecule has 2 aromatic rings. The minimum atomic E-state index is -3.54. The van der Waals surface area contributed by atoms with E-state index in [2.05, 4.69) is 5.32 Å². The SMILES string of the molecule is Cc1ccccc1N(CC(=O)NCCSc1ccccc1)S(C)(=O)=O. The Labute approximate surface area is 153 Å². The Morgan fingerprint density at radius 1 is 1.08 bits per heavy atom. The molecule has 0 atom stereocenters. The molecule has 0 spiro atoms. The van der Waals surface area contributed by atoms with Crippen molar-refractivity contribution in [3.05, 3.63) is 60.2 Å². The normalized spacial score (nSPS) is 11.1. The van der Waals surface area contributed by atoms with Gasteiger partial charge in [-0.1, -0.05) is 36.4 Å². The fourth-order valence-corrected chi connectivity index (χ4v) is 3.99. The second-order valence-electron chi connectivity index (χ2n) is 5.57. The van der Waals surface area contributed by atoms with Crippen molar-refractivity contribution >= 4 is 33.4 Å². The maximum atomic E-state index is 12.2. The van der Waals surface area contributed by atoms with E-state index in [1.165, 1.54) is 0 Å². The number of nitrogens with one attached hydrogen (secondary N) is 1. The minimum absolute atomic E-state index is 0.223. The van der Waals surface area contributed by atoms with E-state index in [9.17, 15) is 13.2 Å². The monoisotopic (exact) mass is 378 g/mol. The first-order valence-electron chi connectivity index (χ1n) is 7.86. The van der Waals surface area contributed by atoms with Gasteiger partial charge in [0, 0.05) is 17.2 Å². The first kappa shape index (κ1) is 19.3. The lowest BCUT2D eigenvalue weighted by atomic mass is 10.2. The first-order chi connectivity index (χ1) is 11.9. The molecule has 0 aliphatic heterocycles. The number of benzene rings is 2. The molecule has 0 fully saturated rings. The molecule has 0 unspecified atom stereocenters. The molecule has 7 heteroatoms. The molecule has 0 heterocycles. The number of aryl methyl sites for hydroxylation is 1. The van der Waals surface area contributed by atoms with Gasteiger partial charge in [0.1, 0.15) is 6.54 Å². The van der Waals surface area contributed by atoms with Gasteiger partial charge in [0.05, 0.1) is 11.9 Å². The zero-order chi connectivity index (χ0) is 18.3. The summed E-state index contributed by atoms with van der Waals surface area (Å²) in [5, 5.41) is 2.78. The largest absolute Gasteiger partial charge is 0.354 e. The number of hydrogen-bond acceptors (Lipinski definition) is 4. The molecule has 2 aromatic carbocycles. The van der Waals surface area contributed by atoms with Crippen LogP contribution in [-0.2, 0) is 14.8 Å². The van der Waals surface area contributed by atoms with Gasteiger partial charge in [-0.2, -0.15) is 0 Å². The molecule has 25 heavy (non-hydrogen) atoms.